The van der Waals surface area contributed by atoms with Crippen molar-refractivity contribution in [2.24, 2.45) is 0 Å². The topological polar surface area (TPSA) is 74.3 Å². The van der Waals surface area contributed by atoms with E-state index >= 15 is 0 Å². The van der Waals surface area contributed by atoms with E-state index in [0.29, 0.717) is 30.2 Å². The Labute approximate surface area is 157 Å². The van der Waals surface area contributed by atoms with Crippen LogP contribution in [0.3, 0.4) is 0 Å². The van der Waals surface area contributed by atoms with Gasteiger partial charge in [-0.25, -0.2) is 4.79 Å². The molecule has 1 aliphatic heterocycles. The second-order valence-corrected chi connectivity index (χ2v) is 5.97. The summed E-state index contributed by atoms with van der Waals surface area (Å²) in [4.78, 5) is 25.8. The highest BCUT2D eigenvalue weighted by Gasteiger charge is 2.18. The Kier molecular flexibility index (Phi) is 5.80. The summed E-state index contributed by atoms with van der Waals surface area (Å²) < 4.78 is 20.9. The molecular formula is C20H21NO6. The zero-order valence-corrected chi connectivity index (χ0v) is 15.3. The molecule has 7 heteroatoms. The zero-order chi connectivity index (χ0) is 19.2. The van der Waals surface area contributed by atoms with E-state index in [1.165, 1.54) is 4.90 Å². The smallest absolute Gasteiger partial charge is 0.338 e. The van der Waals surface area contributed by atoms with Crippen LogP contribution in [0.4, 0.5) is 0 Å². The predicted molar refractivity (Wildman–Crippen MR) is 96.9 cm³/mol. The molecule has 27 heavy (non-hydrogen) atoms. The fourth-order valence-electron chi connectivity index (χ4n) is 2.56. The minimum absolute atomic E-state index is 0.128. The lowest BCUT2D eigenvalue weighted by Gasteiger charge is -2.17. The van der Waals surface area contributed by atoms with Gasteiger partial charge in [0.2, 0.25) is 6.79 Å². The van der Waals surface area contributed by atoms with Crippen LogP contribution in [0, 0.1) is 0 Å². The molecular weight excluding hydrogens is 350 g/mol. The number of hydrogen-bond donors (Lipinski definition) is 0. The number of carbonyl (C=O) groups excluding carboxylic acids is 2. The number of esters is 1. The van der Waals surface area contributed by atoms with Crippen LogP contribution in [0.2, 0.25) is 0 Å². The minimum atomic E-state index is -0.587. The highest BCUT2D eigenvalue weighted by Crippen LogP contribution is 2.32. The van der Waals surface area contributed by atoms with Crippen LogP contribution < -0.4 is 14.2 Å². The number of fused-ring (bicyclic) bond motifs is 1. The third kappa shape index (κ3) is 4.69. The van der Waals surface area contributed by atoms with E-state index in [0.717, 1.165) is 11.3 Å². The lowest BCUT2D eigenvalue weighted by molar-refractivity contribution is -0.133. The van der Waals surface area contributed by atoms with Crippen molar-refractivity contribution in [3.8, 4) is 17.2 Å². The quantitative estimate of drug-likeness (QED) is 0.697. The second kappa shape index (κ2) is 8.44. The van der Waals surface area contributed by atoms with Crippen molar-refractivity contribution in [2.75, 3.05) is 27.1 Å². The first kappa shape index (κ1) is 18.6. The van der Waals surface area contributed by atoms with Crippen molar-refractivity contribution in [3.63, 3.8) is 0 Å². The van der Waals surface area contributed by atoms with Gasteiger partial charge in [0.1, 0.15) is 5.75 Å². The second-order valence-electron chi connectivity index (χ2n) is 5.97. The summed E-state index contributed by atoms with van der Waals surface area (Å²) in [5.41, 5.74) is 1.26. The first-order valence-electron chi connectivity index (χ1n) is 8.59. The average Bonchev–Trinajstić information content (AvgIpc) is 3.15. The van der Waals surface area contributed by atoms with Crippen LogP contribution in [-0.4, -0.2) is 43.8 Å². The van der Waals surface area contributed by atoms with E-state index in [4.69, 9.17) is 18.9 Å². The van der Waals surface area contributed by atoms with E-state index < -0.39 is 5.97 Å². The number of ether oxygens (including phenoxy) is 4. The van der Waals surface area contributed by atoms with E-state index in [1.807, 2.05) is 31.2 Å². The Morgan fingerprint density at radius 2 is 1.81 bits per heavy atom. The summed E-state index contributed by atoms with van der Waals surface area (Å²) in [6.45, 7) is 2.73. The van der Waals surface area contributed by atoms with Gasteiger partial charge in [-0.1, -0.05) is 12.1 Å². The molecule has 0 fully saturated rings. The van der Waals surface area contributed by atoms with E-state index in [9.17, 15) is 9.59 Å². The average molecular weight is 371 g/mol. The number of carbonyl (C=O) groups is 2. The number of benzene rings is 2. The molecule has 7 nitrogen and oxygen atoms in total. The Bertz CT molecular complexity index is 818. The van der Waals surface area contributed by atoms with Crippen LogP contribution >= 0.6 is 0 Å². The normalized spacial score (nSPS) is 11.8. The highest BCUT2D eigenvalue weighted by atomic mass is 16.7. The number of likely N-dealkylation sites (N-methyl/N-ethyl adjacent to an activating group) is 1. The molecule has 1 amide bonds. The summed E-state index contributed by atoms with van der Waals surface area (Å²) in [5.74, 6) is 0.975. The molecule has 0 saturated carbocycles. The largest absolute Gasteiger partial charge is 0.494 e. The fraction of sp³-hybridized carbons (Fsp3) is 0.300. The summed E-state index contributed by atoms with van der Waals surface area (Å²) in [7, 11) is 1.66. The molecule has 142 valence electrons. The lowest BCUT2D eigenvalue weighted by atomic mass is 10.2. The molecule has 0 radical (unpaired) electrons. The van der Waals surface area contributed by atoms with Crippen molar-refractivity contribution in [1.29, 1.82) is 0 Å². The van der Waals surface area contributed by atoms with E-state index in [2.05, 4.69) is 0 Å². The van der Waals surface area contributed by atoms with Gasteiger partial charge in [0.25, 0.3) is 5.91 Å². The molecule has 0 aromatic heterocycles. The van der Waals surface area contributed by atoms with Gasteiger partial charge in [-0.3, -0.25) is 4.79 Å². The van der Waals surface area contributed by atoms with Crippen molar-refractivity contribution in [2.45, 2.75) is 13.5 Å². The first-order chi connectivity index (χ1) is 13.1. The molecule has 0 N–H and O–H groups in total. The number of amides is 1. The van der Waals surface area contributed by atoms with Gasteiger partial charge in [0.15, 0.2) is 18.1 Å². The Balaban J connectivity index is 1.50. The molecule has 0 atom stereocenters. The van der Waals surface area contributed by atoms with Gasteiger partial charge in [-0.15, -0.1) is 0 Å². The molecule has 1 heterocycles. The van der Waals surface area contributed by atoms with Crippen molar-refractivity contribution < 1.29 is 28.5 Å². The number of rotatable bonds is 7. The minimum Gasteiger partial charge on any atom is -0.494 e. The highest BCUT2D eigenvalue weighted by molar-refractivity contribution is 5.92. The molecule has 0 unspecified atom stereocenters. The molecule has 0 bridgehead atoms. The molecule has 1 aliphatic rings. The summed E-state index contributed by atoms with van der Waals surface area (Å²) in [5, 5.41) is 0. The maximum Gasteiger partial charge on any atom is 0.338 e. The Hall–Kier alpha value is -3.22. The molecule has 2 aromatic carbocycles. The van der Waals surface area contributed by atoms with Gasteiger partial charge < -0.3 is 23.8 Å². The van der Waals surface area contributed by atoms with Crippen molar-refractivity contribution in [1.82, 2.24) is 4.90 Å². The van der Waals surface area contributed by atoms with E-state index in [1.54, 1.807) is 25.2 Å². The van der Waals surface area contributed by atoms with Gasteiger partial charge in [0.05, 0.1) is 12.2 Å². The summed E-state index contributed by atoms with van der Waals surface area (Å²) in [6.07, 6.45) is 0. The third-order valence-corrected chi connectivity index (χ3v) is 4.01. The fourth-order valence-corrected chi connectivity index (χ4v) is 2.56. The third-order valence-electron chi connectivity index (χ3n) is 4.01. The lowest BCUT2D eigenvalue weighted by Crippen LogP contribution is -2.30. The Morgan fingerprint density at radius 1 is 1.07 bits per heavy atom. The number of hydrogen-bond acceptors (Lipinski definition) is 6. The first-order valence-corrected chi connectivity index (χ1v) is 8.59. The number of nitrogens with zero attached hydrogens (tertiary/aromatic N) is 1. The zero-order valence-electron chi connectivity index (χ0n) is 15.3. The predicted octanol–water partition coefficient (Wildman–Crippen LogP) is 2.63. The SMILES string of the molecule is CCOc1ccc(CN(C)C(=O)COC(=O)c2ccc3c(c2)OCO3)cc1. The van der Waals surface area contributed by atoms with Crippen molar-refractivity contribution in [3.05, 3.63) is 53.6 Å². The maximum atomic E-state index is 12.2. The van der Waals surface area contributed by atoms with Crippen LogP contribution in [-0.2, 0) is 16.1 Å². The summed E-state index contributed by atoms with van der Waals surface area (Å²) >= 11 is 0. The Morgan fingerprint density at radius 3 is 2.56 bits per heavy atom. The summed E-state index contributed by atoms with van der Waals surface area (Å²) in [6, 6.07) is 12.3. The van der Waals surface area contributed by atoms with E-state index in [-0.39, 0.29) is 19.3 Å². The van der Waals surface area contributed by atoms with Gasteiger partial charge >= 0.3 is 5.97 Å². The van der Waals surface area contributed by atoms with Crippen LogP contribution in [0.15, 0.2) is 42.5 Å². The molecule has 3 rings (SSSR count). The molecule has 0 saturated heterocycles. The standard InChI is InChI=1S/C20H21NO6/c1-3-24-16-7-4-14(5-8-16)11-21(2)19(22)12-25-20(23)15-6-9-17-18(10-15)27-13-26-17/h4-10H,3,11-13H2,1-2H3. The van der Waals surface area contributed by atoms with Crippen LogP contribution in [0.25, 0.3) is 0 Å². The van der Waals surface area contributed by atoms with Gasteiger partial charge in [-0.2, -0.15) is 0 Å². The van der Waals surface area contributed by atoms with Crippen molar-refractivity contribution >= 4 is 11.9 Å². The monoisotopic (exact) mass is 371 g/mol. The van der Waals surface area contributed by atoms with Crippen LogP contribution in [0.5, 0.6) is 17.2 Å². The molecule has 0 aliphatic carbocycles. The van der Waals surface area contributed by atoms with Crippen LogP contribution in [0.1, 0.15) is 22.8 Å². The molecule has 0 spiro atoms. The molecule has 2 aromatic rings. The van der Waals surface area contributed by atoms with Gasteiger partial charge in [-0.05, 0) is 42.8 Å². The maximum absolute atomic E-state index is 12.2. The van der Waals surface area contributed by atoms with Gasteiger partial charge in [0, 0.05) is 13.6 Å².